The second kappa shape index (κ2) is 8.94. The first-order chi connectivity index (χ1) is 15.0. The molecule has 2 aromatic carbocycles. The molecule has 3 aromatic rings. The predicted octanol–water partition coefficient (Wildman–Crippen LogP) is 4.21. The van der Waals surface area contributed by atoms with E-state index in [9.17, 15) is 13.6 Å². The first kappa shape index (κ1) is 21.1. The predicted molar refractivity (Wildman–Crippen MR) is 116 cm³/mol. The van der Waals surface area contributed by atoms with Gasteiger partial charge >= 0.3 is 0 Å². The van der Waals surface area contributed by atoms with E-state index in [1.807, 2.05) is 36.5 Å². The molecule has 1 aromatic heterocycles. The molecule has 160 valence electrons. The van der Waals surface area contributed by atoms with Crippen LogP contribution < -0.4 is 5.32 Å². The Morgan fingerprint density at radius 3 is 2.65 bits per heavy atom. The highest BCUT2D eigenvalue weighted by Gasteiger charge is 2.44. The van der Waals surface area contributed by atoms with Gasteiger partial charge in [-0.15, -0.1) is 0 Å². The lowest BCUT2D eigenvalue weighted by molar-refractivity contribution is -0.130. The molecule has 0 radical (unpaired) electrons. The van der Waals surface area contributed by atoms with Gasteiger partial charge in [0.15, 0.2) is 11.6 Å². The summed E-state index contributed by atoms with van der Waals surface area (Å²) in [5, 5.41) is 2.83. The van der Waals surface area contributed by atoms with E-state index in [4.69, 9.17) is 0 Å². The Balaban J connectivity index is 1.54. The summed E-state index contributed by atoms with van der Waals surface area (Å²) in [6.45, 7) is 1.75. The summed E-state index contributed by atoms with van der Waals surface area (Å²) in [5.74, 6) is -1.69. The highest BCUT2D eigenvalue weighted by Crippen LogP contribution is 2.36. The van der Waals surface area contributed by atoms with Crippen LogP contribution in [0.4, 0.5) is 8.78 Å². The van der Waals surface area contributed by atoms with Crippen LogP contribution in [-0.4, -0.2) is 35.9 Å². The monoisotopic (exact) mass is 421 g/mol. The molecule has 0 aliphatic carbocycles. The first-order valence-electron chi connectivity index (χ1n) is 10.4. The van der Waals surface area contributed by atoms with Gasteiger partial charge in [-0.3, -0.25) is 14.7 Å². The molecule has 1 amide bonds. The largest absolute Gasteiger partial charge is 0.359 e. The quantitative estimate of drug-likeness (QED) is 0.649. The van der Waals surface area contributed by atoms with Crippen LogP contribution in [0.25, 0.3) is 11.1 Å². The van der Waals surface area contributed by atoms with Crippen molar-refractivity contribution in [1.82, 2.24) is 15.2 Å². The van der Waals surface area contributed by atoms with Gasteiger partial charge < -0.3 is 5.32 Å². The third-order valence-corrected chi connectivity index (χ3v) is 6.00. The smallest absolute Gasteiger partial charge is 0.227 e. The fourth-order valence-electron chi connectivity index (χ4n) is 4.45. The highest BCUT2D eigenvalue weighted by atomic mass is 19.2. The van der Waals surface area contributed by atoms with Crippen molar-refractivity contribution >= 4 is 5.91 Å². The highest BCUT2D eigenvalue weighted by molar-refractivity contribution is 5.83. The number of benzene rings is 2. The lowest BCUT2D eigenvalue weighted by atomic mass is 9.79. The van der Waals surface area contributed by atoms with Crippen LogP contribution in [0, 0.1) is 17.0 Å². The summed E-state index contributed by atoms with van der Waals surface area (Å²) in [4.78, 5) is 19.3. The van der Waals surface area contributed by atoms with Crippen molar-refractivity contribution < 1.29 is 13.6 Å². The average molecular weight is 421 g/mol. The topological polar surface area (TPSA) is 45.2 Å². The number of pyridine rings is 1. The molecule has 1 saturated heterocycles. The average Bonchev–Trinajstić information content (AvgIpc) is 3.20. The Kier molecular flexibility index (Phi) is 6.09. The Bertz CT molecular complexity index is 1070. The number of aromatic nitrogens is 1. The van der Waals surface area contributed by atoms with Crippen molar-refractivity contribution in [3.8, 4) is 11.1 Å². The van der Waals surface area contributed by atoms with Crippen LogP contribution in [0.1, 0.15) is 17.5 Å². The normalized spacial score (nSPS) is 18.8. The molecule has 0 spiro atoms. The van der Waals surface area contributed by atoms with Gasteiger partial charge in [0.1, 0.15) is 0 Å². The van der Waals surface area contributed by atoms with E-state index in [0.29, 0.717) is 38.0 Å². The summed E-state index contributed by atoms with van der Waals surface area (Å²) in [7, 11) is 1.66. The minimum absolute atomic E-state index is 0.00654. The maximum Gasteiger partial charge on any atom is 0.227 e. The molecular weight excluding hydrogens is 396 g/mol. The zero-order valence-corrected chi connectivity index (χ0v) is 17.4. The van der Waals surface area contributed by atoms with Gasteiger partial charge in [-0.1, -0.05) is 36.4 Å². The third-order valence-electron chi connectivity index (χ3n) is 6.00. The van der Waals surface area contributed by atoms with Crippen LogP contribution in [0.5, 0.6) is 0 Å². The minimum atomic E-state index is -0.849. The summed E-state index contributed by atoms with van der Waals surface area (Å²) >= 11 is 0. The van der Waals surface area contributed by atoms with E-state index in [0.717, 1.165) is 22.8 Å². The summed E-state index contributed by atoms with van der Waals surface area (Å²) < 4.78 is 26.8. The summed E-state index contributed by atoms with van der Waals surface area (Å²) in [5.41, 5.74) is 3.31. The number of halogens is 2. The number of hydrogen-bond donors (Lipinski definition) is 1. The van der Waals surface area contributed by atoms with Crippen LogP contribution in [0.15, 0.2) is 67.0 Å². The van der Waals surface area contributed by atoms with Gasteiger partial charge in [-0.2, -0.15) is 0 Å². The lowest BCUT2D eigenvalue weighted by Crippen LogP contribution is -2.43. The van der Waals surface area contributed by atoms with Crippen molar-refractivity contribution in [2.45, 2.75) is 19.4 Å². The second-order valence-electron chi connectivity index (χ2n) is 8.19. The van der Waals surface area contributed by atoms with Crippen LogP contribution >= 0.6 is 0 Å². The van der Waals surface area contributed by atoms with Crippen LogP contribution in [0.2, 0.25) is 0 Å². The van der Waals surface area contributed by atoms with Crippen molar-refractivity contribution in [3.05, 3.63) is 89.8 Å². The maximum atomic E-state index is 13.6. The Morgan fingerprint density at radius 1 is 1.06 bits per heavy atom. The third kappa shape index (κ3) is 4.64. The number of hydrogen-bond acceptors (Lipinski definition) is 3. The fraction of sp³-hybridized carbons (Fsp3) is 0.280. The molecule has 31 heavy (non-hydrogen) atoms. The van der Waals surface area contributed by atoms with Crippen molar-refractivity contribution in [1.29, 1.82) is 0 Å². The SMILES string of the molecule is CNC(=O)C1(Cc2cccc(-c3cccnc3)c2)CCN(Cc2ccc(F)c(F)c2)C1. The number of nitrogens with zero attached hydrogens (tertiary/aromatic N) is 2. The van der Waals surface area contributed by atoms with Gasteiger partial charge in [-0.05, 0) is 59.8 Å². The second-order valence-corrected chi connectivity index (χ2v) is 8.19. The van der Waals surface area contributed by atoms with Gasteiger partial charge in [0.05, 0.1) is 5.41 Å². The fourth-order valence-corrected chi connectivity index (χ4v) is 4.45. The standard InChI is InChI=1S/C25H25F2N3O/c1-28-24(31)25(9-11-30(17-25)16-19-7-8-22(26)23(27)13-19)14-18-4-2-5-20(12-18)21-6-3-10-29-15-21/h2-8,10,12-13,15H,9,11,14,16-17H2,1H3,(H,28,31). The number of nitrogens with one attached hydrogen (secondary N) is 1. The number of amides is 1. The van der Waals surface area contributed by atoms with E-state index in [1.54, 1.807) is 19.3 Å². The van der Waals surface area contributed by atoms with Gasteiger partial charge in [0, 0.05) is 32.5 Å². The lowest BCUT2D eigenvalue weighted by Gasteiger charge is -2.28. The van der Waals surface area contributed by atoms with E-state index in [2.05, 4.69) is 21.3 Å². The molecule has 6 heteroatoms. The van der Waals surface area contributed by atoms with Crippen LogP contribution in [0.3, 0.4) is 0 Å². The molecule has 1 aliphatic rings. The minimum Gasteiger partial charge on any atom is -0.359 e. The molecule has 1 unspecified atom stereocenters. The van der Waals surface area contributed by atoms with Gasteiger partial charge in [0.25, 0.3) is 0 Å². The van der Waals surface area contributed by atoms with Crippen molar-refractivity contribution in [2.75, 3.05) is 20.1 Å². The van der Waals surface area contributed by atoms with Crippen molar-refractivity contribution in [3.63, 3.8) is 0 Å². The number of carbonyl (C=O) groups excluding carboxylic acids is 1. The van der Waals surface area contributed by atoms with Gasteiger partial charge in [0.2, 0.25) is 5.91 Å². The maximum absolute atomic E-state index is 13.6. The Morgan fingerprint density at radius 2 is 1.90 bits per heavy atom. The number of carbonyl (C=O) groups is 1. The molecule has 0 saturated carbocycles. The molecule has 1 N–H and O–H groups in total. The van der Waals surface area contributed by atoms with Crippen molar-refractivity contribution in [2.24, 2.45) is 5.41 Å². The molecule has 0 bridgehead atoms. The zero-order chi connectivity index (χ0) is 21.8. The van der Waals surface area contributed by atoms with E-state index in [1.165, 1.54) is 6.07 Å². The van der Waals surface area contributed by atoms with Crippen LogP contribution in [-0.2, 0) is 17.8 Å². The molecule has 2 heterocycles. The van der Waals surface area contributed by atoms with E-state index >= 15 is 0 Å². The number of likely N-dealkylation sites (tertiary alicyclic amines) is 1. The zero-order valence-electron chi connectivity index (χ0n) is 17.4. The Hall–Kier alpha value is -3.12. The summed E-state index contributed by atoms with van der Waals surface area (Å²) in [6.07, 6.45) is 4.88. The molecule has 1 atom stereocenters. The van der Waals surface area contributed by atoms with E-state index in [-0.39, 0.29) is 5.91 Å². The number of rotatable bonds is 6. The molecule has 4 rings (SSSR count). The first-order valence-corrected chi connectivity index (χ1v) is 10.4. The molecule has 4 nitrogen and oxygen atoms in total. The Labute approximate surface area is 180 Å². The summed E-state index contributed by atoms with van der Waals surface area (Å²) in [6, 6.07) is 16.1. The van der Waals surface area contributed by atoms with Gasteiger partial charge in [-0.25, -0.2) is 8.78 Å². The molecule has 1 aliphatic heterocycles. The molecule has 1 fully saturated rings. The van der Waals surface area contributed by atoms with E-state index < -0.39 is 17.0 Å². The molecular formula is C25H25F2N3O.